The summed E-state index contributed by atoms with van der Waals surface area (Å²) >= 11 is 0. The topological polar surface area (TPSA) is 100 Å². The summed E-state index contributed by atoms with van der Waals surface area (Å²) in [6.07, 6.45) is 2.88. The number of benzene rings is 2. The molecule has 40 heavy (non-hydrogen) atoms. The van der Waals surface area contributed by atoms with Crippen LogP contribution in [-0.4, -0.2) is 72.5 Å². The third-order valence-corrected chi connectivity index (χ3v) is 8.89. The minimum atomic E-state index is -4.03. The van der Waals surface area contributed by atoms with Gasteiger partial charge in [-0.25, -0.2) is 12.8 Å². The molecule has 0 radical (unpaired) electrons. The first-order chi connectivity index (χ1) is 19.1. The third kappa shape index (κ3) is 6.67. The number of amides is 1. The number of rotatable bonds is 6. The van der Waals surface area contributed by atoms with E-state index in [0.717, 1.165) is 5.56 Å². The molecule has 0 spiro atoms. The first-order valence-electron chi connectivity index (χ1n) is 12.9. The minimum Gasteiger partial charge on any atom is -0.487 e. The smallest absolute Gasteiger partial charge is 0.247 e. The van der Waals surface area contributed by atoms with E-state index in [2.05, 4.69) is 16.8 Å². The Labute approximate surface area is 234 Å². The standard InChI is InChI=1S/C30H32FN3O5S/c1-21-18-34(22(2)20-35)40(37,38)29-11-9-23(8-10-25-6-4-5-7-26(25)31)16-27(29)39-28(21)19-33(3)30(36)17-24-12-14-32-15-13-24/h4-7,9,11-16,21-22,28,35H,17-20H2,1-3H3/t21-,22-,28+/m1/s1. The Morgan fingerprint density at radius 1 is 1.20 bits per heavy atom. The molecule has 0 fully saturated rings. The molecule has 3 atom stereocenters. The van der Waals surface area contributed by atoms with Crippen LogP contribution in [0.15, 0.2) is 71.9 Å². The Hall–Kier alpha value is -3.78. The molecule has 2 aromatic carbocycles. The van der Waals surface area contributed by atoms with Crippen molar-refractivity contribution in [2.75, 3.05) is 26.7 Å². The molecule has 4 rings (SSSR count). The molecule has 210 valence electrons. The van der Waals surface area contributed by atoms with E-state index >= 15 is 0 Å². The number of fused-ring (bicyclic) bond motifs is 1. The average molecular weight is 566 g/mol. The van der Waals surface area contributed by atoms with Gasteiger partial charge in [0.2, 0.25) is 15.9 Å². The number of hydrogen-bond acceptors (Lipinski definition) is 6. The molecule has 0 unspecified atom stereocenters. The van der Waals surface area contributed by atoms with Crippen molar-refractivity contribution in [3.8, 4) is 17.6 Å². The van der Waals surface area contributed by atoms with E-state index in [9.17, 15) is 22.7 Å². The Kier molecular flexibility index (Phi) is 9.20. The molecular weight excluding hydrogens is 533 g/mol. The molecule has 0 bridgehead atoms. The number of aliphatic hydroxyl groups excluding tert-OH is 1. The summed E-state index contributed by atoms with van der Waals surface area (Å²) in [7, 11) is -2.35. The van der Waals surface area contributed by atoms with Crippen molar-refractivity contribution in [3.63, 3.8) is 0 Å². The summed E-state index contributed by atoms with van der Waals surface area (Å²) in [5.41, 5.74) is 1.48. The number of carbonyl (C=O) groups is 1. The first-order valence-corrected chi connectivity index (χ1v) is 14.4. The monoisotopic (exact) mass is 565 g/mol. The maximum Gasteiger partial charge on any atom is 0.247 e. The summed E-state index contributed by atoms with van der Waals surface area (Å²) in [6, 6.07) is 13.5. The third-order valence-electron chi connectivity index (χ3n) is 6.87. The van der Waals surface area contributed by atoms with Gasteiger partial charge in [-0.3, -0.25) is 9.78 Å². The molecule has 10 heteroatoms. The van der Waals surface area contributed by atoms with Crippen molar-refractivity contribution in [2.45, 2.75) is 37.3 Å². The maximum atomic E-state index is 14.1. The largest absolute Gasteiger partial charge is 0.487 e. The number of aromatic nitrogens is 1. The van der Waals surface area contributed by atoms with Gasteiger partial charge in [0.05, 0.1) is 25.1 Å². The van der Waals surface area contributed by atoms with E-state index in [1.807, 2.05) is 6.92 Å². The number of halogens is 1. The van der Waals surface area contributed by atoms with Crippen LogP contribution in [0.2, 0.25) is 0 Å². The molecule has 2 heterocycles. The second kappa shape index (κ2) is 12.6. The van der Waals surface area contributed by atoms with Gasteiger partial charge in [-0.2, -0.15) is 4.31 Å². The van der Waals surface area contributed by atoms with Crippen molar-refractivity contribution in [3.05, 3.63) is 89.5 Å². The van der Waals surface area contributed by atoms with E-state index in [1.165, 1.54) is 22.5 Å². The Morgan fingerprint density at radius 3 is 2.62 bits per heavy atom. The van der Waals surface area contributed by atoms with Crippen LogP contribution in [0.5, 0.6) is 5.75 Å². The van der Waals surface area contributed by atoms with Gasteiger partial charge in [-0.1, -0.05) is 30.9 Å². The van der Waals surface area contributed by atoms with Gasteiger partial charge in [0, 0.05) is 43.5 Å². The number of carbonyl (C=O) groups excluding carboxylic acids is 1. The van der Waals surface area contributed by atoms with Gasteiger partial charge in [0.1, 0.15) is 22.6 Å². The molecule has 3 aromatic rings. The molecule has 1 aromatic heterocycles. The summed E-state index contributed by atoms with van der Waals surface area (Å²) < 4.78 is 49.0. The zero-order valence-corrected chi connectivity index (χ0v) is 23.4. The second-order valence-electron chi connectivity index (χ2n) is 9.94. The van der Waals surface area contributed by atoms with E-state index in [-0.39, 0.29) is 54.2 Å². The lowest BCUT2D eigenvalue weighted by molar-refractivity contribution is -0.130. The number of pyridine rings is 1. The van der Waals surface area contributed by atoms with E-state index in [0.29, 0.717) is 5.56 Å². The van der Waals surface area contributed by atoms with Gasteiger partial charge >= 0.3 is 0 Å². The number of nitrogens with zero attached hydrogens (tertiary/aromatic N) is 3. The quantitative estimate of drug-likeness (QED) is 0.461. The predicted molar refractivity (Wildman–Crippen MR) is 148 cm³/mol. The molecular formula is C30H32FN3O5S. The lowest BCUT2D eigenvalue weighted by Crippen LogP contribution is -2.50. The van der Waals surface area contributed by atoms with Crippen molar-refractivity contribution < 1.29 is 27.4 Å². The molecule has 0 saturated carbocycles. The zero-order valence-electron chi connectivity index (χ0n) is 22.6. The summed E-state index contributed by atoms with van der Waals surface area (Å²) in [5.74, 6) is 4.84. The van der Waals surface area contributed by atoms with E-state index < -0.39 is 28.0 Å². The molecule has 1 amide bonds. The van der Waals surface area contributed by atoms with Crippen LogP contribution in [0, 0.1) is 23.6 Å². The van der Waals surface area contributed by atoms with Gasteiger partial charge < -0.3 is 14.7 Å². The number of likely N-dealkylation sites (N-methyl/N-ethyl adjacent to an activating group) is 1. The highest BCUT2D eigenvalue weighted by Crippen LogP contribution is 2.34. The van der Waals surface area contributed by atoms with Crippen LogP contribution < -0.4 is 4.74 Å². The molecule has 0 aliphatic carbocycles. The molecule has 1 N–H and O–H groups in total. The van der Waals surface area contributed by atoms with E-state index in [4.69, 9.17) is 4.74 Å². The zero-order chi connectivity index (χ0) is 28.9. The highest BCUT2D eigenvalue weighted by atomic mass is 32.2. The highest BCUT2D eigenvalue weighted by molar-refractivity contribution is 7.89. The van der Waals surface area contributed by atoms with E-state index in [1.54, 1.807) is 67.7 Å². The lowest BCUT2D eigenvalue weighted by atomic mass is 10.0. The van der Waals surface area contributed by atoms with Crippen LogP contribution in [-0.2, 0) is 21.2 Å². The SMILES string of the molecule is C[C@@H]1CN([C@H](C)CO)S(=O)(=O)c2ccc(C#Cc3ccccc3F)cc2O[C@H]1CN(C)C(=O)Cc1ccncc1. The summed E-state index contributed by atoms with van der Waals surface area (Å²) in [5, 5.41) is 9.84. The summed E-state index contributed by atoms with van der Waals surface area (Å²) in [6.45, 7) is 3.43. The fourth-order valence-corrected chi connectivity index (χ4v) is 6.23. The molecule has 8 nitrogen and oxygen atoms in total. The Morgan fingerprint density at radius 2 is 1.93 bits per heavy atom. The van der Waals surface area contributed by atoms with Crippen LogP contribution in [0.4, 0.5) is 4.39 Å². The normalized spacial score (nSPS) is 19.1. The number of sulfonamides is 1. The fraction of sp³-hybridized carbons (Fsp3) is 0.333. The Bertz CT molecular complexity index is 1520. The molecule has 1 aliphatic rings. The van der Waals surface area contributed by atoms with Crippen LogP contribution in [0.3, 0.4) is 0 Å². The minimum absolute atomic E-state index is 0.0630. The van der Waals surface area contributed by atoms with Crippen LogP contribution >= 0.6 is 0 Å². The molecule has 1 aliphatic heterocycles. The molecule has 0 saturated heterocycles. The van der Waals surface area contributed by atoms with Gasteiger partial charge in [-0.15, -0.1) is 0 Å². The van der Waals surface area contributed by atoms with Crippen LogP contribution in [0.25, 0.3) is 0 Å². The number of hydrogen-bond donors (Lipinski definition) is 1. The van der Waals surface area contributed by atoms with Crippen molar-refractivity contribution >= 4 is 15.9 Å². The lowest BCUT2D eigenvalue weighted by Gasteiger charge is -2.37. The maximum absolute atomic E-state index is 14.1. The Balaban J connectivity index is 1.68. The number of aliphatic hydroxyl groups is 1. The van der Waals surface area contributed by atoms with Crippen molar-refractivity contribution in [1.29, 1.82) is 0 Å². The van der Waals surface area contributed by atoms with Crippen molar-refractivity contribution in [2.24, 2.45) is 5.92 Å². The highest BCUT2D eigenvalue weighted by Gasteiger charge is 2.38. The van der Waals surface area contributed by atoms with Crippen molar-refractivity contribution in [1.82, 2.24) is 14.2 Å². The average Bonchev–Trinajstić information content (AvgIpc) is 2.94. The number of ether oxygens (including phenoxy) is 1. The van der Waals surface area contributed by atoms with Gasteiger partial charge in [-0.05, 0) is 55.0 Å². The van der Waals surface area contributed by atoms with Gasteiger partial charge in [0.15, 0.2) is 0 Å². The fourth-order valence-electron chi connectivity index (χ4n) is 4.41. The predicted octanol–water partition coefficient (Wildman–Crippen LogP) is 3.09. The second-order valence-corrected chi connectivity index (χ2v) is 11.8. The van der Waals surface area contributed by atoms with Gasteiger partial charge in [0.25, 0.3) is 0 Å². The first kappa shape index (κ1) is 29.2. The summed E-state index contributed by atoms with van der Waals surface area (Å²) in [4.78, 5) is 18.5. The van der Waals surface area contributed by atoms with Crippen LogP contribution in [0.1, 0.15) is 30.5 Å².